The summed E-state index contributed by atoms with van der Waals surface area (Å²) in [6, 6.07) is 5.08. The van der Waals surface area contributed by atoms with E-state index in [0.717, 1.165) is 0 Å². The molecule has 0 saturated carbocycles. The molecule has 3 rings (SSSR count). The molecule has 19 heavy (non-hydrogen) atoms. The van der Waals surface area contributed by atoms with Crippen LogP contribution in [-0.2, 0) is 37.5 Å². The zero-order chi connectivity index (χ0) is 13.8. The van der Waals surface area contributed by atoms with Gasteiger partial charge in [-0.05, 0) is 0 Å². The number of allylic oxidation sites excluding steroid dienone is 1. The summed E-state index contributed by atoms with van der Waals surface area (Å²) in [5.41, 5.74) is 6.82. The molecule has 0 aromatic heterocycles. The molecule has 1 atom stereocenters. The second-order valence-electron chi connectivity index (χ2n) is 7.45. The van der Waals surface area contributed by atoms with Gasteiger partial charge in [-0.3, -0.25) is 0 Å². The van der Waals surface area contributed by atoms with Crippen molar-refractivity contribution in [1.82, 2.24) is 0 Å². The molecule has 0 saturated heterocycles. The van der Waals surface area contributed by atoms with Gasteiger partial charge in [0.25, 0.3) is 0 Å². The van der Waals surface area contributed by atoms with Crippen LogP contribution in [0, 0.1) is 5.41 Å². The molecule has 0 amide bonds. The number of aryl methyl sites for hydroxylation is 2. The summed E-state index contributed by atoms with van der Waals surface area (Å²) in [6.07, 6.45) is 8.96. The molecule has 0 aliphatic heterocycles. The van der Waals surface area contributed by atoms with Gasteiger partial charge in [-0.2, -0.15) is 0 Å². The fourth-order valence-corrected chi connectivity index (χ4v) is 13.9. The van der Waals surface area contributed by atoms with Gasteiger partial charge in [0.1, 0.15) is 0 Å². The van der Waals surface area contributed by atoms with Crippen molar-refractivity contribution >= 4 is 6.08 Å². The standard InChI is InChI=1S/C16H19.2CH3.Hf/c1-16(2,3)15-8-7-13-9-11-5-4-6-12(11)10-14(13)15;;;/h7-10H,4-6H2,1-3H3;2*1H3;. The van der Waals surface area contributed by atoms with Gasteiger partial charge in [0.05, 0.1) is 0 Å². The maximum absolute atomic E-state index is 2.59. The summed E-state index contributed by atoms with van der Waals surface area (Å²) in [4.78, 5) is 0. The Morgan fingerprint density at radius 2 is 1.68 bits per heavy atom. The van der Waals surface area contributed by atoms with Crippen LogP contribution in [-0.4, -0.2) is 0 Å². The van der Waals surface area contributed by atoms with E-state index in [1.807, 2.05) is 0 Å². The maximum atomic E-state index is 2.59. The van der Waals surface area contributed by atoms with E-state index in [1.54, 1.807) is 16.7 Å². The van der Waals surface area contributed by atoms with Crippen molar-refractivity contribution in [2.45, 2.75) is 52.6 Å². The summed E-state index contributed by atoms with van der Waals surface area (Å²) in [5.74, 6) is 0. The van der Waals surface area contributed by atoms with Gasteiger partial charge in [-0.15, -0.1) is 0 Å². The van der Waals surface area contributed by atoms with Crippen LogP contribution in [0.15, 0.2) is 18.2 Å². The second-order valence-corrected chi connectivity index (χ2v) is 17.5. The van der Waals surface area contributed by atoms with Gasteiger partial charge in [0.2, 0.25) is 0 Å². The molecule has 1 aromatic rings. The van der Waals surface area contributed by atoms with E-state index in [4.69, 9.17) is 0 Å². The van der Waals surface area contributed by atoms with Gasteiger partial charge >= 0.3 is 126 Å². The SMILES string of the molecule is [CH3][Hf]([CH3])[C]1(C(C)(C)C)C=Cc2cc3c(cc21)CCC3. The first-order chi connectivity index (χ1) is 8.86. The zero-order valence-electron chi connectivity index (χ0n) is 12.9. The molecule has 2 aliphatic carbocycles. The van der Waals surface area contributed by atoms with Crippen molar-refractivity contribution in [3.63, 3.8) is 0 Å². The van der Waals surface area contributed by atoms with Crippen LogP contribution in [0.4, 0.5) is 0 Å². The van der Waals surface area contributed by atoms with Crippen molar-refractivity contribution < 1.29 is 21.4 Å². The molecule has 0 N–H and O–H groups in total. The molecule has 1 unspecified atom stereocenters. The Kier molecular flexibility index (Phi) is 3.20. The molecule has 1 aromatic carbocycles. The summed E-state index contributed by atoms with van der Waals surface area (Å²) >= 11 is -1.62. The van der Waals surface area contributed by atoms with Gasteiger partial charge in [0, 0.05) is 0 Å². The van der Waals surface area contributed by atoms with Crippen molar-refractivity contribution in [3.8, 4) is 0 Å². The number of hydrogen-bond acceptors (Lipinski definition) is 0. The van der Waals surface area contributed by atoms with Crippen LogP contribution < -0.4 is 0 Å². The third kappa shape index (κ3) is 1.87. The molecule has 0 radical (unpaired) electrons. The third-order valence-electron chi connectivity index (χ3n) is 5.17. The first kappa shape index (κ1) is 13.8. The molecular formula is C18H25Hf. The summed E-state index contributed by atoms with van der Waals surface area (Å²) in [7, 11) is 0. The Bertz CT molecular complexity index is 546. The molecule has 0 spiro atoms. The molecule has 1 heteroatoms. The topological polar surface area (TPSA) is 0 Å². The number of rotatable bonds is 1. The summed E-state index contributed by atoms with van der Waals surface area (Å²) in [5, 5.41) is 0. The van der Waals surface area contributed by atoms with E-state index in [1.165, 1.54) is 24.8 Å². The van der Waals surface area contributed by atoms with Gasteiger partial charge in [-0.1, -0.05) is 0 Å². The van der Waals surface area contributed by atoms with Crippen LogP contribution in [0.2, 0.25) is 9.36 Å². The molecular weight excluding hydrogens is 395 g/mol. The molecule has 2 aliphatic rings. The quantitative estimate of drug-likeness (QED) is 0.552. The van der Waals surface area contributed by atoms with Gasteiger partial charge in [-0.25, -0.2) is 0 Å². The van der Waals surface area contributed by atoms with E-state index < -0.39 is 21.4 Å². The third-order valence-corrected chi connectivity index (χ3v) is 15.1. The van der Waals surface area contributed by atoms with E-state index in [0.29, 0.717) is 8.59 Å². The monoisotopic (exact) mass is 421 g/mol. The number of benzene rings is 1. The van der Waals surface area contributed by atoms with Gasteiger partial charge < -0.3 is 0 Å². The zero-order valence-corrected chi connectivity index (χ0v) is 16.5. The fraction of sp³-hybridized carbons (Fsp3) is 0.556. The van der Waals surface area contributed by atoms with Crippen molar-refractivity contribution in [1.29, 1.82) is 0 Å². The fourth-order valence-electron chi connectivity index (χ4n) is 4.27. The van der Waals surface area contributed by atoms with E-state index in [-0.39, 0.29) is 0 Å². The average Bonchev–Trinajstić information content (AvgIpc) is 2.87. The van der Waals surface area contributed by atoms with Gasteiger partial charge in [0.15, 0.2) is 0 Å². The molecule has 0 fully saturated rings. The van der Waals surface area contributed by atoms with Crippen LogP contribution in [0.1, 0.15) is 49.4 Å². The summed E-state index contributed by atoms with van der Waals surface area (Å²) < 4.78 is 5.58. The molecule has 0 heterocycles. The van der Waals surface area contributed by atoms with E-state index in [2.05, 4.69) is 54.4 Å². The predicted molar refractivity (Wildman–Crippen MR) is 80.4 cm³/mol. The van der Waals surface area contributed by atoms with Crippen molar-refractivity contribution in [2.24, 2.45) is 5.41 Å². The van der Waals surface area contributed by atoms with Crippen molar-refractivity contribution in [3.05, 3.63) is 40.5 Å². The van der Waals surface area contributed by atoms with Crippen LogP contribution in [0.3, 0.4) is 0 Å². The molecule has 101 valence electrons. The van der Waals surface area contributed by atoms with Crippen LogP contribution >= 0.6 is 0 Å². The van der Waals surface area contributed by atoms with Crippen LogP contribution in [0.5, 0.6) is 0 Å². The first-order valence-corrected chi connectivity index (χ1v) is 16.5. The Hall–Kier alpha value is -0.170. The van der Waals surface area contributed by atoms with E-state index in [9.17, 15) is 0 Å². The Labute approximate surface area is 125 Å². The normalized spacial score (nSPS) is 24.5. The molecule has 0 bridgehead atoms. The second kappa shape index (κ2) is 4.41. The predicted octanol–water partition coefficient (Wildman–Crippen LogP) is 5.16. The minimum absolute atomic E-state index is 0.354. The van der Waals surface area contributed by atoms with Crippen LogP contribution in [0.25, 0.3) is 6.08 Å². The Morgan fingerprint density at radius 1 is 1.05 bits per heavy atom. The Balaban J connectivity index is 2.22. The number of fused-ring (bicyclic) bond motifs is 2. The minimum atomic E-state index is -1.62. The van der Waals surface area contributed by atoms with Crippen molar-refractivity contribution in [2.75, 3.05) is 0 Å². The Morgan fingerprint density at radius 3 is 2.26 bits per heavy atom. The number of hydrogen-bond donors (Lipinski definition) is 0. The molecule has 0 nitrogen and oxygen atoms in total. The first-order valence-electron chi connectivity index (χ1n) is 7.52. The average molecular weight is 420 g/mol. The summed E-state index contributed by atoms with van der Waals surface area (Å²) in [6.45, 7) is 7.33. The van der Waals surface area contributed by atoms with E-state index >= 15 is 0 Å².